The second-order valence-electron chi connectivity index (χ2n) is 3.04. The molecule has 1 saturated heterocycles. The molecule has 1 aliphatic heterocycles. The number of nitrogens with zero attached hydrogens (tertiary/aromatic N) is 1. The van der Waals surface area contributed by atoms with E-state index in [4.69, 9.17) is 0 Å². The van der Waals surface area contributed by atoms with E-state index in [1.807, 2.05) is 0 Å². The zero-order valence-corrected chi connectivity index (χ0v) is 6.85. The number of rotatable bonds is 0. The molecule has 0 aliphatic carbocycles. The van der Waals surface area contributed by atoms with Gasteiger partial charge >= 0.3 is 0 Å². The molecule has 2 nitrogen and oxygen atoms in total. The average Bonchev–Trinajstić information content (AvgIpc) is 2.04. The van der Waals surface area contributed by atoms with Gasteiger partial charge < -0.3 is 0 Å². The third kappa shape index (κ3) is 1.82. The van der Waals surface area contributed by atoms with Crippen LogP contribution in [0.3, 0.4) is 0 Å². The summed E-state index contributed by atoms with van der Waals surface area (Å²) in [4.78, 5) is 2.30. The van der Waals surface area contributed by atoms with Gasteiger partial charge in [0.2, 0.25) is 0 Å². The first kappa shape index (κ1) is 7.76. The molecule has 0 aromatic rings. The summed E-state index contributed by atoms with van der Waals surface area (Å²) < 4.78 is 0. The van der Waals surface area contributed by atoms with E-state index >= 15 is 0 Å². The quantitative estimate of drug-likeness (QED) is 0.501. The lowest BCUT2D eigenvalue weighted by Gasteiger charge is -2.21. The Balaban J connectivity index is 2.46. The molecule has 1 atom stereocenters. The predicted molar refractivity (Wildman–Crippen MR) is 43.9 cm³/mol. The van der Waals surface area contributed by atoms with Crippen LogP contribution in [0.5, 0.6) is 0 Å². The summed E-state index contributed by atoms with van der Waals surface area (Å²) in [7, 11) is 2.14. The van der Waals surface area contributed by atoms with Crippen molar-refractivity contribution in [2.45, 2.75) is 19.5 Å². The maximum atomic E-state index is 3.95. The highest BCUT2D eigenvalue weighted by atomic mass is 15.2. The maximum absolute atomic E-state index is 3.95. The summed E-state index contributed by atoms with van der Waals surface area (Å²) in [5.74, 6) is 0. The maximum Gasteiger partial charge on any atom is 0.0568 e. The van der Waals surface area contributed by atoms with Gasteiger partial charge in [0.05, 0.1) is 6.17 Å². The van der Waals surface area contributed by atoms with Crippen molar-refractivity contribution in [3.8, 4) is 0 Å². The van der Waals surface area contributed by atoms with Crippen molar-refractivity contribution >= 4 is 0 Å². The molecule has 10 heavy (non-hydrogen) atoms. The first-order chi connectivity index (χ1) is 4.70. The Hall–Kier alpha value is -0.340. The monoisotopic (exact) mass is 140 g/mol. The Bertz CT molecular complexity index is 117. The summed E-state index contributed by atoms with van der Waals surface area (Å²) >= 11 is 0. The minimum atomic E-state index is 0.499. The van der Waals surface area contributed by atoms with Gasteiger partial charge in [0.25, 0.3) is 0 Å². The fourth-order valence-corrected chi connectivity index (χ4v) is 1.06. The van der Waals surface area contributed by atoms with E-state index in [0.717, 1.165) is 19.5 Å². The third-order valence-electron chi connectivity index (χ3n) is 2.13. The molecule has 0 aromatic heterocycles. The summed E-state index contributed by atoms with van der Waals surface area (Å²) in [6.45, 7) is 8.24. The standard InChI is InChI=1S/C8H16N2/c1-7-4-5-10(3)8(2)9-6-7/h8-9H,1,4-6H2,2-3H3. The van der Waals surface area contributed by atoms with E-state index in [1.165, 1.54) is 5.57 Å². The van der Waals surface area contributed by atoms with Crippen LogP contribution in [0.25, 0.3) is 0 Å². The van der Waals surface area contributed by atoms with Crippen LogP contribution in [0.4, 0.5) is 0 Å². The van der Waals surface area contributed by atoms with Gasteiger partial charge in [0.15, 0.2) is 0 Å². The predicted octanol–water partition coefficient (Wildman–Crippen LogP) is 0.814. The lowest BCUT2D eigenvalue weighted by molar-refractivity contribution is 0.242. The number of nitrogens with one attached hydrogen (secondary N) is 1. The van der Waals surface area contributed by atoms with Gasteiger partial charge in [-0.1, -0.05) is 12.2 Å². The SMILES string of the molecule is C=C1CCN(C)C(C)NC1. The number of hydrogen-bond acceptors (Lipinski definition) is 2. The summed E-state index contributed by atoms with van der Waals surface area (Å²) in [6, 6.07) is 0. The molecule has 0 bridgehead atoms. The molecule has 0 radical (unpaired) electrons. The third-order valence-corrected chi connectivity index (χ3v) is 2.13. The Morgan fingerprint density at radius 3 is 3.10 bits per heavy atom. The molecule has 0 amide bonds. The minimum Gasteiger partial charge on any atom is -0.298 e. The molecule has 0 saturated carbocycles. The molecule has 58 valence electrons. The van der Waals surface area contributed by atoms with Gasteiger partial charge in [-0.3, -0.25) is 10.2 Å². The van der Waals surface area contributed by atoms with Crippen molar-refractivity contribution in [1.82, 2.24) is 10.2 Å². The first-order valence-corrected chi connectivity index (χ1v) is 3.80. The second kappa shape index (κ2) is 3.17. The Morgan fingerprint density at radius 2 is 2.40 bits per heavy atom. The molecule has 1 fully saturated rings. The lowest BCUT2D eigenvalue weighted by atomic mass is 10.2. The van der Waals surface area contributed by atoms with Gasteiger partial charge in [-0.15, -0.1) is 0 Å². The Kier molecular flexibility index (Phi) is 2.46. The van der Waals surface area contributed by atoms with Crippen molar-refractivity contribution in [1.29, 1.82) is 0 Å². The van der Waals surface area contributed by atoms with E-state index in [-0.39, 0.29) is 0 Å². The molecular formula is C8H16N2. The second-order valence-corrected chi connectivity index (χ2v) is 3.04. The van der Waals surface area contributed by atoms with Crippen molar-refractivity contribution < 1.29 is 0 Å². The first-order valence-electron chi connectivity index (χ1n) is 3.80. The van der Waals surface area contributed by atoms with E-state index in [0.29, 0.717) is 6.17 Å². The molecule has 2 heteroatoms. The van der Waals surface area contributed by atoms with Gasteiger partial charge in [0.1, 0.15) is 0 Å². The van der Waals surface area contributed by atoms with E-state index in [1.54, 1.807) is 0 Å². The molecular weight excluding hydrogens is 124 g/mol. The Morgan fingerprint density at radius 1 is 1.70 bits per heavy atom. The van der Waals surface area contributed by atoms with Crippen LogP contribution in [-0.4, -0.2) is 31.2 Å². The van der Waals surface area contributed by atoms with Gasteiger partial charge in [-0.2, -0.15) is 0 Å². The molecule has 1 heterocycles. The molecule has 1 unspecified atom stereocenters. The lowest BCUT2D eigenvalue weighted by Crippen LogP contribution is -2.39. The normalized spacial score (nSPS) is 30.2. The van der Waals surface area contributed by atoms with Gasteiger partial charge in [-0.05, 0) is 20.4 Å². The van der Waals surface area contributed by atoms with Crippen LogP contribution in [0.1, 0.15) is 13.3 Å². The Labute approximate surface area is 62.9 Å². The van der Waals surface area contributed by atoms with E-state index < -0.39 is 0 Å². The van der Waals surface area contributed by atoms with Crippen molar-refractivity contribution in [3.05, 3.63) is 12.2 Å². The molecule has 1 aliphatic rings. The molecule has 0 aromatic carbocycles. The van der Waals surface area contributed by atoms with Crippen LogP contribution >= 0.6 is 0 Å². The van der Waals surface area contributed by atoms with E-state index in [2.05, 4.69) is 30.8 Å². The van der Waals surface area contributed by atoms with E-state index in [9.17, 15) is 0 Å². The number of hydrogen-bond donors (Lipinski definition) is 1. The zero-order valence-electron chi connectivity index (χ0n) is 6.85. The summed E-state index contributed by atoms with van der Waals surface area (Å²) in [5, 5.41) is 3.37. The van der Waals surface area contributed by atoms with Crippen molar-refractivity contribution in [3.63, 3.8) is 0 Å². The van der Waals surface area contributed by atoms with Crippen LogP contribution in [0, 0.1) is 0 Å². The molecule has 1 N–H and O–H groups in total. The highest BCUT2D eigenvalue weighted by Gasteiger charge is 2.12. The van der Waals surface area contributed by atoms with Crippen molar-refractivity contribution in [2.24, 2.45) is 0 Å². The van der Waals surface area contributed by atoms with Crippen LogP contribution < -0.4 is 5.32 Å². The highest BCUT2D eigenvalue weighted by molar-refractivity contribution is 4.99. The fourth-order valence-electron chi connectivity index (χ4n) is 1.06. The topological polar surface area (TPSA) is 15.3 Å². The molecule has 1 rings (SSSR count). The van der Waals surface area contributed by atoms with Gasteiger partial charge in [-0.25, -0.2) is 0 Å². The average molecular weight is 140 g/mol. The van der Waals surface area contributed by atoms with Crippen LogP contribution in [-0.2, 0) is 0 Å². The highest BCUT2D eigenvalue weighted by Crippen LogP contribution is 2.05. The largest absolute Gasteiger partial charge is 0.298 e. The zero-order chi connectivity index (χ0) is 7.56. The summed E-state index contributed by atoms with van der Waals surface area (Å²) in [5.41, 5.74) is 1.32. The fraction of sp³-hybridized carbons (Fsp3) is 0.750. The van der Waals surface area contributed by atoms with Gasteiger partial charge in [0, 0.05) is 13.1 Å². The smallest absolute Gasteiger partial charge is 0.0568 e. The minimum absolute atomic E-state index is 0.499. The van der Waals surface area contributed by atoms with Crippen LogP contribution in [0.15, 0.2) is 12.2 Å². The summed E-state index contributed by atoms with van der Waals surface area (Å²) in [6.07, 6.45) is 1.63. The van der Waals surface area contributed by atoms with Crippen LogP contribution in [0.2, 0.25) is 0 Å². The molecule has 0 spiro atoms. The van der Waals surface area contributed by atoms with Crippen molar-refractivity contribution in [2.75, 3.05) is 20.1 Å².